The third-order valence-corrected chi connectivity index (χ3v) is 2.64. The van der Waals surface area contributed by atoms with Crippen molar-refractivity contribution in [2.45, 2.75) is 5.75 Å². The summed E-state index contributed by atoms with van der Waals surface area (Å²) in [6.45, 7) is 0. The van der Waals surface area contributed by atoms with Crippen LogP contribution in [0, 0.1) is 0 Å². The van der Waals surface area contributed by atoms with Crippen LogP contribution in [0.4, 0.5) is 5.69 Å². The van der Waals surface area contributed by atoms with E-state index >= 15 is 0 Å². The second-order valence-corrected chi connectivity index (χ2v) is 4.56. The molecule has 1 rings (SSSR count). The van der Waals surface area contributed by atoms with Gasteiger partial charge in [-0.2, -0.15) is 0 Å². The van der Waals surface area contributed by atoms with Crippen LogP contribution in [0.15, 0.2) is 18.2 Å². The predicted molar refractivity (Wildman–Crippen MR) is 60.0 cm³/mol. The van der Waals surface area contributed by atoms with Crippen molar-refractivity contribution in [3.63, 3.8) is 0 Å². The average molecular weight is 227 g/mol. The quantitative estimate of drug-likeness (QED) is 0.616. The second-order valence-electron chi connectivity index (χ2n) is 3.12. The smallest absolute Gasteiger partial charge is 0.337 e. The molecule has 5 heteroatoms. The molecule has 0 fully saturated rings. The molecule has 15 heavy (non-hydrogen) atoms. The summed E-state index contributed by atoms with van der Waals surface area (Å²) in [6.07, 6.45) is 1.60. The van der Waals surface area contributed by atoms with Crippen molar-refractivity contribution >= 4 is 22.5 Å². The molecule has 0 saturated heterocycles. The van der Waals surface area contributed by atoms with Gasteiger partial charge < -0.3 is 10.5 Å². The van der Waals surface area contributed by atoms with Crippen LogP contribution in [0.3, 0.4) is 0 Å². The number of nitrogen functional groups attached to an aromatic ring is 1. The van der Waals surface area contributed by atoms with Gasteiger partial charge in [-0.05, 0) is 17.7 Å². The zero-order chi connectivity index (χ0) is 11.4. The number of hydrogen-bond acceptors (Lipinski definition) is 4. The number of benzene rings is 1. The molecule has 0 amide bonds. The summed E-state index contributed by atoms with van der Waals surface area (Å²) in [5.74, 6) is -0.0290. The Bertz CT molecular complexity index is 404. The standard InChI is InChI=1S/C10H13NO3S/c1-14-10(12)7-3-4-8(6-15(2)13)9(11)5-7/h3-5H,6,11H2,1-2H3. The maximum Gasteiger partial charge on any atom is 0.337 e. The number of ether oxygens (including phenoxy) is 1. The maximum absolute atomic E-state index is 11.2. The van der Waals surface area contributed by atoms with E-state index in [2.05, 4.69) is 4.74 Å². The summed E-state index contributed by atoms with van der Waals surface area (Å²) in [7, 11) is 0.371. The van der Waals surface area contributed by atoms with Crippen LogP contribution in [0.25, 0.3) is 0 Å². The van der Waals surface area contributed by atoms with Crippen LogP contribution in [0.5, 0.6) is 0 Å². The highest BCUT2D eigenvalue weighted by atomic mass is 32.2. The zero-order valence-electron chi connectivity index (χ0n) is 8.65. The van der Waals surface area contributed by atoms with Gasteiger partial charge in [0.2, 0.25) is 0 Å². The minimum atomic E-state index is -0.942. The Morgan fingerprint density at radius 3 is 2.67 bits per heavy atom. The Balaban J connectivity index is 2.97. The highest BCUT2D eigenvalue weighted by Gasteiger charge is 2.08. The zero-order valence-corrected chi connectivity index (χ0v) is 9.47. The molecule has 0 aliphatic heterocycles. The summed E-state index contributed by atoms with van der Waals surface area (Å²) in [6, 6.07) is 4.85. The highest BCUT2D eigenvalue weighted by molar-refractivity contribution is 7.83. The monoisotopic (exact) mass is 227 g/mol. The first-order valence-corrected chi connectivity index (χ1v) is 6.04. The predicted octanol–water partition coefficient (Wildman–Crippen LogP) is 0.934. The molecule has 0 aliphatic carbocycles. The van der Waals surface area contributed by atoms with Crippen LogP contribution in [-0.4, -0.2) is 23.5 Å². The van der Waals surface area contributed by atoms with Gasteiger partial charge in [0.05, 0.1) is 18.4 Å². The average Bonchev–Trinajstić information content (AvgIpc) is 2.19. The fourth-order valence-corrected chi connectivity index (χ4v) is 1.89. The molecule has 0 bridgehead atoms. The molecular formula is C10H13NO3S. The van der Waals surface area contributed by atoms with Gasteiger partial charge >= 0.3 is 5.97 Å². The van der Waals surface area contributed by atoms with Gasteiger partial charge in [-0.15, -0.1) is 0 Å². The van der Waals surface area contributed by atoms with Crippen molar-refractivity contribution in [1.29, 1.82) is 0 Å². The third-order valence-electron chi connectivity index (χ3n) is 1.93. The van der Waals surface area contributed by atoms with E-state index in [9.17, 15) is 9.00 Å². The van der Waals surface area contributed by atoms with Crippen molar-refractivity contribution in [2.24, 2.45) is 0 Å². The lowest BCUT2D eigenvalue weighted by Gasteiger charge is -2.05. The van der Waals surface area contributed by atoms with Crippen LogP contribution in [0.2, 0.25) is 0 Å². The van der Waals surface area contributed by atoms with E-state index in [1.807, 2.05) is 0 Å². The van der Waals surface area contributed by atoms with E-state index in [-0.39, 0.29) is 0 Å². The minimum Gasteiger partial charge on any atom is -0.465 e. The third kappa shape index (κ3) is 3.06. The number of rotatable bonds is 3. The SMILES string of the molecule is COC(=O)c1ccc(CS(C)=O)c(N)c1. The van der Waals surface area contributed by atoms with Crippen molar-refractivity contribution in [2.75, 3.05) is 19.1 Å². The van der Waals surface area contributed by atoms with Crippen molar-refractivity contribution < 1.29 is 13.7 Å². The van der Waals surface area contributed by atoms with Gasteiger partial charge in [0.25, 0.3) is 0 Å². The largest absolute Gasteiger partial charge is 0.465 e. The van der Waals surface area contributed by atoms with Crippen LogP contribution in [0.1, 0.15) is 15.9 Å². The lowest BCUT2D eigenvalue weighted by Crippen LogP contribution is -2.04. The molecule has 0 aliphatic rings. The van der Waals surface area contributed by atoms with Crippen molar-refractivity contribution in [3.8, 4) is 0 Å². The van der Waals surface area contributed by atoms with Crippen LogP contribution >= 0.6 is 0 Å². The van der Waals surface area contributed by atoms with Crippen molar-refractivity contribution in [1.82, 2.24) is 0 Å². The molecule has 1 atom stereocenters. The van der Waals surface area contributed by atoms with E-state index < -0.39 is 16.8 Å². The summed E-state index contributed by atoms with van der Waals surface area (Å²) in [5.41, 5.74) is 7.37. The van der Waals surface area contributed by atoms with E-state index in [4.69, 9.17) is 5.73 Å². The molecule has 0 saturated carbocycles. The fourth-order valence-electron chi connectivity index (χ4n) is 1.19. The van der Waals surface area contributed by atoms with Gasteiger partial charge in [-0.3, -0.25) is 4.21 Å². The lowest BCUT2D eigenvalue weighted by atomic mass is 10.1. The molecule has 4 nitrogen and oxygen atoms in total. The first-order chi connectivity index (χ1) is 7.04. The van der Waals surface area contributed by atoms with Gasteiger partial charge in [0.1, 0.15) is 0 Å². The Morgan fingerprint density at radius 1 is 1.53 bits per heavy atom. The molecule has 0 radical (unpaired) electrons. The number of carbonyl (C=O) groups excluding carboxylic acids is 1. The minimum absolute atomic E-state index is 0.396. The summed E-state index contributed by atoms with van der Waals surface area (Å²) in [4.78, 5) is 11.2. The molecule has 0 spiro atoms. The van der Waals surface area contributed by atoms with Crippen molar-refractivity contribution in [3.05, 3.63) is 29.3 Å². The molecular weight excluding hydrogens is 214 g/mol. The molecule has 1 unspecified atom stereocenters. The van der Waals surface area contributed by atoms with Gasteiger partial charge in [-0.25, -0.2) is 4.79 Å². The Labute approximate surface area is 90.9 Å². The number of carbonyl (C=O) groups is 1. The van der Waals surface area contributed by atoms with Crippen LogP contribution < -0.4 is 5.73 Å². The Morgan fingerprint density at radius 2 is 2.20 bits per heavy atom. The number of esters is 1. The summed E-state index contributed by atoms with van der Waals surface area (Å²) in [5, 5.41) is 0. The van der Waals surface area contributed by atoms with E-state index in [0.29, 0.717) is 17.0 Å². The number of methoxy groups -OCH3 is 1. The topological polar surface area (TPSA) is 69.4 Å². The Hall–Kier alpha value is -1.36. The maximum atomic E-state index is 11.2. The van der Waals surface area contributed by atoms with Gasteiger partial charge in [-0.1, -0.05) is 6.07 Å². The summed E-state index contributed by atoms with van der Waals surface area (Å²) >= 11 is 0. The molecule has 2 N–H and O–H groups in total. The first kappa shape index (κ1) is 11.7. The van der Waals surface area contributed by atoms with Gasteiger partial charge in [0, 0.05) is 22.7 Å². The number of nitrogens with two attached hydrogens (primary N) is 1. The van der Waals surface area contributed by atoms with Gasteiger partial charge in [0.15, 0.2) is 0 Å². The fraction of sp³-hybridized carbons (Fsp3) is 0.300. The summed E-state index contributed by atoms with van der Waals surface area (Å²) < 4.78 is 15.6. The lowest BCUT2D eigenvalue weighted by molar-refractivity contribution is 0.0601. The van der Waals surface area contributed by atoms with E-state index in [1.54, 1.807) is 18.4 Å². The molecule has 1 aromatic rings. The number of hydrogen-bond donors (Lipinski definition) is 1. The van der Waals surface area contributed by atoms with E-state index in [0.717, 1.165) is 5.56 Å². The second kappa shape index (κ2) is 4.93. The van der Waals surface area contributed by atoms with Crippen LogP contribution in [-0.2, 0) is 21.3 Å². The first-order valence-electron chi connectivity index (χ1n) is 4.31. The molecule has 82 valence electrons. The normalized spacial score (nSPS) is 12.1. The van der Waals surface area contributed by atoms with E-state index in [1.165, 1.54) is 13.2 Å². The number of anilines is 1. The molecule has 0 heterocycles. The molecule has 1 aromatic carbocycles. The Kier molecular flexibility index (Phi) is 3.85. The molecule has 0 aromatic heterocycles. The highest BCUT2D eigenvalue weighted by Crippen LogP contribution is 2.16.